The van der Waals surface area contributed by atoms with E-state index in [2.05, 4.69) is 9.88 Å². The zero-order valence-electron chi connectivity index (χ0n) is 15.3. The summed E-state index contributed by atoms with van der Waals surface area (Å²) >= 11 is 12.5. The van der Waals surface area contributed by atoms with Gasteiger partial charge in [-0.25, -0.2) is 4.98 Å². The first-order valence-electron chi connectivity index (χ1n) is 9.27. The third-order valence-electron chi connectivity index (χ3n) is 5.43. The highest BCUT2D eigenvalue weighted by atomic mass is 35.5. The highest BCUT2D eigenvalue weighted by molar-refractivity contribution is 6.35. The van der Waals surface area contributed by atoms with E-state index in [-0.39, 0.29) is 12.1 Å². The number of piperidine rings is 1. The lowest BCUT2D eigenvalue weighted by Gasteiger charge is -2.38. The lowest BCUT2D eigenvalue weighted by atomic mass is 9.91. The third kappa shape index (κ3) is 3.94. The van der Waals surface area contributed by atoms with E-state index in [4.69, 9.17) is 23.2 Å². The Morgan fingerprint density at radius 2 is 1.71 bits per heavy atom. The van der Waals surface area contributed by atoms with Crippen LogP contribution in [0.5, 0.6) is 0 Å². The van der Waals surface area contributed by atoms with Crippen LogP contribution in [0.3, 0.4) is 0 Å². The Labute approximate surface area is 173 Å². The maximum absolute atomic E-state index is 12.7. The number of nitrogens with zero attached hydrogens (tertiary/aromatic N) is 3. The van der Waals surface area contributed by atoms with Crippen LogP contribution in [-0.4, -0.2) is 38.2 Å². The summed E-state index contributed by atoms with van der Waals surface area (Å²) < 4.78 is 1.52. The highest BCUT2D eigenvalue weighted by Crippen LogP contribution is 2.29. The fraction of sp³-hybridized carbons (Fsp3) is 0.333. The fourth-order valence-electron chi connectivity index (χ4n) is 3.73. The first kappa shape index (κ1) is 19.4. The molecule has 0 saturated carbocycles. The lowest BCUT2D eigenvalue weighted by Crippen LogP contribution is -2.47. The molecule has 0 spiro atoms. The van der Waals surface area contributed by atoms with Crippen molar-refractivity contribution in [1.29, 1.82) is 0 Å². The molecule has 1 fully saturated rings. The van der Waals surface area contributed by atoms with Crippen molar-refractivity contribution in [2.24, 2.45) is 0 Å². The molecule has 1 aliphatic heterocycles. The molecule has 0 aliphatic carbocycles. The number of para-hydroxylation sites is 1. The molecule has 1 saturated heterocycles. The van der Waals surface area contributed by atoms with E-state index in [1.165, 1.54) is 10.9 Å². The molecule has 0 unspecified atom stereocenters. The Morgan fingerprint density at radius 1 is 1.04 bits per heavy atom. The van der Waals surface area contributed by atoms with E-state index < -0.39 is 5.60 Å². The van der Waals surface area contributed by atoms with Crippen molar-refractivity contribution in [1.82, 2.24) is 14.5 Å². The van der Waals surface area contributed by atoms with Crippen molar-refractivity contribution in [3.63, 3.8) is 0 Å². The molecule has 28 heavy (non-hydrogen) atoms. The maximum atomic E-state index is 12.7. The molecule has 0 atom stereocenters. The Kier molecular flexibility index (Phi) is 5.43. The van der Waals surface area contributed by atoms with Gasteiger partial charge in [-0.15, -0.1) is 0 Å². The molecule has 0 radical (unpaired) electrons. The van der Waals surface area contributed by atoms with E-state index in [9.17, 15) is 9.90 Å². The van der Waals surface area contributed by atoms with Gasteiger partial charge in [0.05, 0.1) is 29.4 Å². The van der Waals surface area contributed by atoms with Crippen LogP contribution in [0.4, 0.5) is 0 Å². The minimum Gasteiger partial charge on any atom is -0.388 e. The maximum Gasteiger partial charge on any atom is 0.261 e. The Morgan fingerprint density at radius 3 is 2.43 bits per heavy atom. The lowest BCUT2D eigenvalue weighted by molar-refractivity contribution is -0.0364. The van der Waals surface area contributed by atoms with Crippen LogP contribution in [0.1, 0.15) is 18.4 Å². The van der Waals surface area contributed by atoms with Gasteiger partial charge in [0.1, 0.15) is 0 Å². The van der Waals surface area contributed by atoms with E-state index in [0.29, 0.717) is 53.4 Å². The van der Waals surface area contributed by atoms with Gasteiger partial charge < -0.3 is 5.11 Å². The van der Waals surface area contributed by atoms with Gasteiger partial charge in [0, 0.05) is 35.2 Å². The van der Waals surface area contributed by atoms with Crippen LogP contribution in [0.15, 0.2) is 53.6 Å². The van der Waals surface area contributed by atoms with Gasteiger partial charge in [0.25, 0.3) is 5.56 Å². The minimum absolute atomic E-state index is 0.121. The number of likely N-dealkylation sites (tertiary alicyclic amines) is 1. The van der Waals surface area contributed by atoms with E-state index in [1.54, 1.807) is 6.07 Å². The van der Waals surface area contributed by atoms with Crippen molar-refractivity contribution in [3.05, 3.63) is 74.8 Å². The second kappa shape index (κ2) is 7.84. The number of fused-ring (bicyclic) bond motifs is 1. The molecule has 1 aromatic heterocycles. The molecule has 1 aliphatic rings. The number of aromatic nitrogens is 2. The van der Waals surface area contributed by atoms with Gasteiger partial charge in [-0.2, -0.15) is 0 Å². The Bertz CT molecular complexity index is 1040. The molecule has 2 heterocycles. The van der Waals surface area contributed by atoms with Gasteiger partial charge in [-0.1, -0.05) is 41.4 Å². The molecule has 4 rings (SSSR count). The SMILES string of the molecule is O=c1c2ccccc2ncn1CC1(O)CCN(Cc2c(Cl)cccc2Cl)CC1. The van der Waals surface area contributed by atoms with Crippen molar-refractivity contribution in [2.45, 2.75) is 31.5 Å². The number of rotatable bonds is 4. The predicted octanol–water partition coefficient (Wildman–Crippen LogP) is 3.73. The average molecular weight is 418 g/mol. The van der Waals surface area contributed by atoms with E-state index in [1.807, 2.05) is 36.4 Å². The summed E-state index contributed by atoms with van der Waals surface area (Å²) in [6.45, 7) is 2.29. The predicted molar refractivity (Wildman–Crippen MR) is 112 cm³/mol. The zero-order chi connectivity index (χ0) is 19.7. The smallest absolute Gasteiger partial charge is 0.261 e. The molecule has 7 heteroatoms. The first-order valence-corrected chi connectivity index (χ1v) is 10.0. The number of aliphatic hydroxyl groups is 1. The molecule has 0 bridgehead atoms. The summed E-state index contributed by atoms with van der Waals surface area (Å²) in [6, 6.07) is 12.8. The van der Waals surface area contributed by atoms with Gasteiger partial charge in [-0.05, 0) is 37.1 Å². The Hall–Kier alpha value is -1.92. The van der Waals surface area contributed by atoms with Crippen LogP contribution in [0, 0.1) is 0 Å². The summed E-state index contributed by atoms with van der Waals surface area (Å²) in [4.78, 5) is 19.3. The summed E-state index contributed by atoms with van der Waals surface area (Å²) in [6.07, 6.45) is 2.65. The Balaban J connectivity index is 1.45. The minimum atomic E-state index is -0.936. The van der Waals surface area contributed by atoms with Crippen molar-refractivity contribution in [3.8, 4) is 0 Å². The number of hydrogen-bond acceptors (Lipinski definition) is 4. The molecule has 1 N–H and O–H groups in total. The van der Waals surface area contributed by atoms with Crippen LogP contribution in [-0.2, 0) is 13.1 Å². The average Bonchev–Trinajstić information content (AvgIpc) is 2.69. The molecule has 0 amide bonds. The second-order valence-electron chi connectivity index (χ2n) is 7.40. The largest absolute Gasteiger partial charge is 0.388 e. The number of hydrogen-bond donors (Lipinski definition) is 1. The van der Waals surface area contributed by atoms with Crippen molar-refractivity contribution >= 4 is 34.1 Å². The summed E-state index contributed by atoms with van der Waals surface area (Å²) in [5.41, 5.74) is 0.520. The fourth-order valence-corrected chi connectivity index (χ4v) is 4.25. The molecule has 146 valence electrons. The molecular weight excluding hydrogens is 397 g/mol. The molecule has 2 aromatic carbocycles. The third-order valence-corrected chi connectivity index (χ3v) is 6.13. The van der Waals surface area contributed by atoms with Gasteiger partial charge in [0.15, 0.2) is 0 Å². The van der Waals surface area contributed by atoms with Crippen LogP contribution in [0.2, 0.25) is 10.0 Å². The summed E-state index contributed by atoms with van der Waals surface area (Å²) in [5.74, 6) is 0. The standard InChI is InChI=1S/C21H21Cl2N3O2/c22-17-5-3-6-18(23)16(17)12-25-10-8-21(28,9-11-25)13-26-14-24-19-7-2-1-4-15(19)20(26)27/h1-7,14,28H,8-13H2. The topological polar surface area (TPSA) is 58.4 Å². The number of benzene rings is 2. The van der Waals surface area contributed by atoms with E-state index in [0.717, 1.165) is 5.56 Å². The quantitative estimate of drug-likeness (QED) is 0.702. The normalized spacial score (nSPS) is 17.1. The summed E-state index contributed by atoms with van der Waals surface area (Å²) in [5, 5.41) is 12.9. The van der Waals surface area contributed by atoms with Gasteiger partial charge in [-0.3, -0.25) is 14.3 Å². The molecule has 3 aromatic rings. The number of halogens is 2. The van der Waals surface area contributed by atoms with Gasteiger partial charge >= 0.3 is 0 Å². The zero-order valence-corrected chi connectivity index (χ0v) is 16.8. The molecular formula is C21H21Cl2N3O2. The van der Waals surface area contributed by atoms with Gasteiger partial charge in [0.2, 0.25) is 0 Å². The molecule has 5 nitrogen and oxygen atoms in total. The first-order chi connectivity index (χ1) is 13.5. The monoisotopic (exact) mass is 417 g/mol. The second-order valence-corrected chi connectivity index (χ2v) is 8.21. The highest BCUT2D eigenvalue weighted by Gasteiger charge is 2.33. The van der Waals surface area contributed by atoms with Crippen molar-refractivity contribution in [2.75, 3.05) is 13.1 Å². The summed E-state index contributed by atoms with van der Waals surface area (Å²) in [7, 11) is 0. The van der Waals surface area contributed by atoms with E-state index >= 15 is 0 Å². The van der Waals surface area contributed by atoms with Crippen LogP contribution >= 0.6 is 23.2 Å². The van der Waals surface area contributed by atoms with Crippen molar-refractivity contribution < 1.29 is 5.11 Å². The van der Waals surface area contributed by atoms with Crippen LogP contribution in [0.25, 0.3) is 10.9 Å². The van der Waals surface area contributed by atoms with Crippen LogP contribution < -0.4 is 5.56 Å².